The molecular weight excluding hydrogens is 616 g/mol. The first kappa shape index (κ1) is 35.2. The number of piperidine rings is 1. The Labute approximate surface area is 273 Å². The van der Waals surface area contributed by atoms with E-state index in [2.05, 4.69) is 21.9 Å². The van der Waals surface area contributed by atoms with Gasteiger partial charge in [-0.2, -0.15) is 5.10 Å². The Morgan fingerprint density at radius 3 is 2.33 bits per heavy atom. The molecule has 250 valence electrons. The molecule has 2 aliphatic heterocycles. The molecule has 1 spiro atoms. The molecule has 0 bridgehead atoms. The molecule has 1 aromatic carbocycles. The summed E-state index contributed by atoms with van der Waals surface area (Å²) in [5, 5.41) is 19.0. The Hall–Kier alpha value is -2.67. The van der Waals surface area contributed by atoms with Crippen molar-refractivity contribution in [2.45, 2.75) is 103 Å². The van der Waals surface area contributed by atoms with Gasteiger partial charge >= 0.3 is 0 Å². The molecule has 2 aromatic rings. The molecule has 3 N–H and O–H groups in total. The second-order valence-corrected chi connectivity index (χ2v) is 14.7. The zero-order chi connectivity index (χ0) is 31.6. The summed E-state index contributed by atoms with van der Waals surface area (Å²) in [6.07, 6.45) is 8.18. The second kappa shape index (κ2) is 14.4. The molecular formula is C32H49ClN6O5S. The van der Waals surface area contributed by atoms with Gasteiger partial charge in [0.25, 0.3) is 0 Å². The molecule has 3 aliphatic rings. The lowest BCUT2D eigenvalue weighted by molar-refractivity contribution is -0.166. The number of unbranched alkanes of at least 4 members (excludes halogenated alkanes) is 1. The van der Waals surface area contributed by atoms with E-state index in [9.17, 15) is 23.1 Å². The number of nitrogens with zero attached hydrogens (tertiary/aromatic N) is 4. The molecule has 2 amide bonds. The fourth-order valence-corrected chi connectivity index (χ4v) is 7.86. The quantitative estimate of drug-likeness (QED) is 0.352. The van der Waals surface area contributed by atoms with E-state index >= 15 is 0 Å². The number of rotatable bonds is 10. The third-order valence-electron chi connectivity index (χ3n) is 9.89. The van der Waals surface area contributed by atoms with Crippen LogP contribution in [0.2, 0.25) is 0 Å². The summed E-state index contributed by atoms with van der Waals surface area (Å²) in [6.45, 7) is 8.63. The smallest absolute Gasteiger partial charge is 0.248 e. The predicted octanol–water partition coefficient (Wildman–Crippen LogP) is 3.69. The van der Waals surface area contributed by atoms with Crippen molar-refractivity contribution in [3.8, 4) is 5.69 Å². The fraction of sp³-hybridized carbons (Fsp3) is 0.656. The first-order valence-electron chi connectivity index (χ1n) is 16.1. The maximum Gasteiger partial charge on any atom is 0.248 e. The lowest BCUT2D eigenvalue weighted by Crippen LogP contribution is -2.75. The van der Waals surface area contributed by atoms with Crippen LogP contribution in [0.15, 0.2) is 24.3 Å². The molecule has 3 heterocycles. The molecule has 2 saturated heterocycles. The number of sulfonamides is 1. The van der Waals surface area contributed by atoms with Gasteiger partial charge in [0, 0.05) is 43.1 Å². The van der Waals surface area contributed by atoms with Crippen molar-refractivity contribution in [1.82, 2.24) is 24.9 Å². The number of aliphatic hydroxyl groups excluding tert-OH is 1. The highest BCUT2D eigenvalue weighted by Crippen LogP contribution is 2.37. The van der Waals surface area contributed by atoms with Crippen molar-refractivity contribution in [3.63, 3.8) is 0 Å². The minimum atomic E-state index is -3.35. The minimum absolute atomic E-state index is 0. The highest BCUT2D eigenvalue weighted by Gasteiger charge is 2.55. The highest BCUT2D eigenvalue weighted by molar-refractivity contribution is 7.92. The summed E-state index contributed by atoms with van der Waals surface area (Å²) in [4.78, 5) is 31.9. The van der Waals surface area contributed by atoms with Crippen LogP contribution in [0.5, 0.6) is 0 Å². The topological polar surface area (TPSA) is 137 Å². The van der Waals surface area contributed by atoms with Gasteiger partial charge in [-0.1, -0.05) is 32.6 Å². The Balaban J connectivity index is 0.00000461. The maximum atomic E-state index is 13.9. The zero-order valence-corrected chi connectivity index (χ0v) is 28.6. The monoisotopic (exact) mass is 664 g/mol. The molecule has 1 saturated carbocycles. The van der Waals surface area contributed by atoms with Crippen LogP contribution >= 0.6 is 12.4 Å². The number of hydrogen-bond donors (Lipinski definition) is 3. The number of carbonyl (C=O) groups is 2. The lowest BCUT2D eigenvalue weighted by Gasteiger charge is -2.52. The maximum absolute atomic E-state index is 13.9. The summed E-state index contributed by atoms with van der Waals surface area (Å²) in [6, 6.07) is 6.25. The number of aromatic nitrogens is 2. The summed E-state index contributed by atoms with van der Waals surface area (Å²) in [5.41, 5.74) is 3.47. The standard InChI is InChI=1S/C32H48N6O5S.ClH/c1-5-6-18-37-30(40)28(29(39)24-10-8-7-9-11-24)33-31(41)32(37)16-19-36(20-17-32)21-27-22(2)34-38(23(27)3)26-14-12-25(13-15-26)35-44(4,42)43;/h12-15,24,28-29,35,39H,5-11,16-21H2,1-4H3,(H,33,41);1H/t28-,29-;/m1./s1. The van der Waals surface area contributed by atoms with Gasteiger partial charge in [-0.25, -0.2) is 13.1 Å². The van der Waals surface area contributed by atoms with E-state index in [1.54, 1.807) is 12.1 Å². The molecule has 45 heavy (non-hydrogen) atoms. The van der Waals surface area contributed by atoms with Crippen molar-refractivity contribution in [2.75, 3.05) is 30.6 Å². The molecule has 2 atom stereocenters. The molecule has 1 aromatic heterocycles. The number of aryl methyl sites for hydroxylation is 1. The summed E-state index contributed by atoms with van der Waals surface area (Å²) in [7, 11) is -3.35. The van der Waals surface area contributed by atoms with Crippen LogP contribution in [0.25, 0.3) is 5.69 Å². The van der Waals surface area contributed by atoms with Crippen LogP contribution in [-0.2, 0) is 26.2 Å². The average Bonchev–Trinajstić information content (AvgIpc) is 3.28. The third kappa shape index (κ3) is 7.50. The van der Waals surface area contributed by atoms with Gasteiger partial charge in [0.05, 0.1) is 23.7 Å². The number of piperazine rings is 1. The number of aliphatic hydroxyl groups is 1. The molecule has 11 nitrogen and oxygen atoms in total. The van der Waals surface area contributed by atoms with Crippen LogP contribution in [-0.4, -0.2) is 88.5 Å². The Morgan fingerprint density at radius 1 is 1.09 bits per heavy atom. The number of likely N-dealkylation sites (tertiary alicyclic amines) is 1. The third-order valence-corrected chi connectivity index (χ3v) is 10.5. The van der Waals surface area contributed by atoms with Crippen LogP contribution in [0.1, 0.15) is 81.7 Å². The first-order chi connectivity index (χ1) is 20.9. The summed E-state index contributed by atoms with van der Waals surface area (Å²) in [5.74, 6) is -0.201. The van der Waals surface area contributed by atoms with E-state index < -0.39 is 27.7 Å². The van der Waals surface area contributed by atoms with Crippen molar-refractivity contribution >= 4 is 39.9 Å². The van der Waals surface area contributed by atoms with Crippen LogP contribution < -0.4 is 10.0 Å². The molecule has 0 unspecified atom stereocenters. The van der Waals surface area contributed by atoms with Crippen molar-refractivity contribution in [3.05, 3.63) is 41.2 Å². The second-order valence-electron chi connectivity index (χ2n) is 13.0. The minimum Gasteiger partial charge on any atom is -0.390 e. The number of carbonyl (C=O) groups excluding carboxylic acids is 2. The van der Waals surface area contributed by atoms with Crippen LogP contribution in [0, 0.1) is 19.8 Å². The summed E-state index contributed by atoms with van der Waals surface area (Å²) < 4.78 is 27.5. The number of nitrogens with one attached hydrogen (secondary N) is 2. The number of benzene rings is 1. The van der Waals surface area contributed by atoms with E-state index in [1.165, 1.54) is 0 Å². The molecule has 1 aliphatic carbocycles. The van der Waals surface area contributed by atoms with Gasteiger partial charge in [-0.05, 0) is 76.1 Å². The number of hydrogen-bond acceptors (Lipinski definition) is 7. The predicted molar refractivity (Wildman–Crippen MR) is 177 cm³/mol. The molecule has 3 fully saturated rings. The molecule has 5 rings (SSSR count). The lowest BCUT2D eigenvalue weighted by atomic mass is 9.78. The van der Waals surface area contributed by atoms with E-state index in [-0.39, 0.29) is 30.1 Å². The van der Waals surface area contributed by atoms with Crippen molar-refractivity contribution in [1.29, 1.82) is 0 Å². The SMILES string of the molecule is CCCCN1C(=O)[C@@H]([C@H](O)C2CCCCC2)NC(=O)C12CCN(Cc1c(C)nn(-c3ccc(NS(C)(=O)=O)cc3)c1C)CC2.Cl. The van der Waals surface area contributed by atoms with E-state index in [1.807, 2.05) is 35.6 Å². The molecule has 13 heteroatoms. The van der Waals surface area contributed by atoms with Gasteiger partial charge < -0.3 is 15.3 Å². The zero-order valence-electron chi connectivity index (χ0n) is 26.9. The number of halogens is 1. The Morgan fingerprint density at radius 2 is 1.73 bits per heavy atom. The van der Waals surface area contributed by atoms with Gasteiger partial charge in [0.1, 0.15) is 11.6 Å². The average molecular weight is 665 g/mol. The van der Waals surface area contributed by atoms with E-state index in [4.69, 9.17) is 5.10 Å². The van der Waals surface area contributed by atoms with Gasteiger partial charge in [-0.15, -0.1) is 12.4 Å². The van der Waals surface area contributed by atoms with E-state index in [0.29, 0.717) is 44.7 Å². The van der Waals surface area contributed by atoms with Gasteiger partial charge in [0.2, 0.25) is 21.8 Å². The Bertz CT molecular complexity index is 1450. The highest BCUT2D eigenvalue weighted by atomic mass is 35.5. The fourth-order valence-electron chi connectivity index (χ4n) is 7.30. The van der Waals surface area contributed by atoms with Crippen molar-refractivity contribution < 1.29 is 23.1 Å². The first-order valence-corrected chi connectivity index (χ1v) is 18.0. The number of anilines is 1. The van der Waals surface area contributed by atoms with Gasteiger partial charge in [-0.3, -0.25) is 19.2 Å². The van der Waals surface area contributed by atoms with Gasteiger partial charge in [0.15, 0.2) is 0 Å². The largest absolute Gasteiger partial charge is 0.390 e. The Kier molecular flexibility index (Phi) is 11.3. The van der Waals surface area contributed by atoms with E-state index in [0.717, 1.165) is 73.8 Å². The van der Waals surface area contributed by atoms with Crippen LogP contribution in [0.4, 0.5) is 5.69 Å². The molecule has 0 radical (unpaired) electrons. The summed E-state index contributed by atoms with van der Waals surface area (Å²) >= 11 is 0. The normalized spacial score (nSPS) is 21.8. The van der Waals surface area contributed by atoms with Crippen molar-refractivity contribution in [2.24, 2.45) is 5.92 Å². The number of amides is 2. The van der Waals surface area contributed by atoms with Crippen LogP contribution in [0.3, 0.4) is 0 Å².